The van der Waals surface area contributed by atoms with Gasteiger partial charge in [-0.25, -0.2) is 0 Å². The third-order valence-electron chi connectivity index (χ3n) is 2.85. The summed E-state index contributed by atoms with van der Waals surface area (Å²) in [4.78, 5) is 11.5. The standard InChI is InChI=1S/C14H18N2O3S/c1-18-8-9-19-12-6-4-11(5-7-12)15-14(20)16-13(17)10-2-3-10/h4-7,10H,2-3,8-9H2,1H3,(H2,15,16,17,20). The van der Waals surface area contributed by atoms with Crippen LogP contribution in [-0.4, -0.2) is 31.3 Å². The van der Waals surface area contributed by atoms with Crippen molar-refractivity contribution in [3.8, 4) is 5.75 Å². The Morgan fingerprint density at radius 3 is 2.60 bits per heavy atom. The van der Waals surface area contributed by atoms with Crippen molar-refractivity contribution in [1.29, 1.82) is 0 Å². The van der Waals surface area contributed by atoms with E-state index in [1.54, 1.807) is 7.11 Å². The first-order valence-corrected chi connectivity index (χ1v) is 6.93. The molecule has 1 aliphatic carbocycles. The van der Waals surface area contributed by atoms with Crippen LogP contribution in [0.3, 0.4) is 0 Å². The molecule has 1 fully saturated rings. The molecule has 2 rings (SSSR count). The van der Waals surface area contributed by atoms with E-state index in [9.17, 15) is 4.79 Å². The van der Waals surface area contributed by atoms with Gasteiger partial charge in [-0.2, -0.15) is 0 Å². The van der Waals surface area contributed by atoms with Crippen molar-refractivity contribution in [2.24, 2.45) is 5.92 Å². The van der Waals surface area contributed by atoms with E-state index in [0.717, 1.165) is 24.3 Å². The van der Waals surface area contributed by atoms with Crippen molar-refractivity contribution < 1.29 is 14.3 Å². The minimum atomic E-state index is 0.00187. The highest BCUT2D eigenvalue weighted by Gasteiger charge is 2.29. The fraction of sp³-hybridized carbons (Fsp3) is 0.429. The van der Waals surface area contributed by atoms with E-state index < -0.39 is 0 Å². The van der Waals surface area contributed by atoms with E-state index in [2.05, 4.69) is 10.6 Å². The second-order valence-corrected chi connectivity index (χ2v) is 4.99. The quantitative estimate of drug-likeness (QED) is 0.620. The molecule has 20 heavy (non-hydrogen) atoms. The summed E-state index contributed by atoms with van der Waals surface area (Å²) in [5, 5.41) is 5.98. The summed E-state index contributed by atoms with van der Waals surface area (Å²) in [5.74, 6) is 0.911. The number of methoxy groups -OCH3 is 1. The highest BCUT2D eigenvalue weighted by molar-refractivity contribution is 7.80. The molecule has 1 aromatic carbocycles. The zero-order chi connectivity index (χ0) is 14.4. The molecule has 2 N–H and O–H groups in total. The van der Waals surface area contributed by atoms with Gasteiger partial charge in [0.2, 0.25) is 5.91 Å². The summed E-state index contributed by atoms with van der Waals surface area (Å²) in [6, 6.07) is 7.36. The van der Waals surface area contributed by atoms with Crippen LogP contribution in [0.1, 0.15) is 12.8 Å². The molecular formula is C14H18N2O3S. The van der Waals surface area contributed by atoms with Crippen molar-refractivity contribution in [2.45, 2.75) is 12.8 Å². The van der Waals surface area contributed by atoms with Crippen LogP contribution in [0.15, 0.2) is 24.3 Å². The van der Waals surface area contributed by atoms with Gasteiger partial charge < -0.3 is 20.1 Å². The number of carbonyl (C=O) groups is 1. The number of thiocarbonyl (C=S) groups is 1. The Hall–Kier alpha value is -1.66. The van der Waals surface area contributed by atoms with Crippen LogP contribution in [0.5, 0.6) is 5.75 Å². The van der Waals surface area contributed by atoms with Crippen molar-refractivity contribution in [1.82, 2.24) is 5.32 Å². The van der Waals surface area contributed by atoms with Gasteiger partial charge in [0.25, 0.3) is 0 Å². The predicted octanol–water partition coefficient (Wildman–Crippen LogP) is 1.93. The average molecular weight is 294 g/mol. The summed E-state index contributed by atoms with van der Waals surface area (Å²) >= 11 is 5.09. The van der Waals surface area contributed by atoms with Gasteiger partial charge in [-0.1, -0.05) is 0 Å². The summed E-state index contributed by atoms with van der Waals surface area (Å²) < 4.78 is 10.4. The maximum absolute atomic E-state index is 11.5. The number of nitrogens with one attached hydrogen (secondary N) is 2. The Labute approximate surface area is 123 Å². The Morgan fingerprint density at radius 1 is 1.30 bits per heavy atom. The van der Waals surface area contributed by atoms with Gasteiger partial charge >= 0.3 is 0 Å². The second-order valence-electron chi connectivity index (χ2n) is 4.58. The Kier molecular flexibility index (Phi) is 5.31. The summed E-state index contributed by atoms with van der Waals surface area (Å²) in [5.41, 5.74) is 0.810. The van der Waals surface area contributed by atoms with Crippen molar-refractivity contribution in [2.75, 3.05) is 25.6 Å². The first-order chi connectivity index (χ1) is 9.69. The number of anilines is 1. The van der Waals surface area contributed by atoms with Gasteiger partial charge in [0.1, 0.15) is 12.4 Å². The maximum atomic E-state index is 11.5. The molecule has 1 aliphatic rings. The lowest BCUT2D eigenvalue weighted by molar-refractivity contribution is -0.120. The van der Waals surface area contributed by atoms with Gasteiger partial charge in [-0.05, 0) is 49.3 Å². The van der Waals surface area contributed by atoms with Crippen LogP contribution in [0.4, 0.5) is 5.69 Å². The fourth-order valence-electron chi connectivity index (χ4n) is 1.60. The molecule has 1 saturated carbocycles. The lowest BCUT2D eigenvalue weighted by Crippen LogP contribution is -2.35. The smallest absolute Gasteiger partial charge is 0.229 e. The van der Waals surface area contributed by atoms with Gasteiger partial charge in [0, 0.05) is 18.7 Å². The molecule has 1 aromatic rings. The molecule has 0 saturated heterocycles. The molecule has 0 aliphatic heterocycles. The third-order valence-corrected chi connectivity index (χ3v) is 3.06. The fourth-order valence-corrected chi connectivity index (χ4v) is 1.82. The normalized spacial score (nSPS) is 13.7. The molecule has 0 aromatic heterocycles. The van der Waals surface area contributed by atoms with Crippen LogP contribution < -0.4 is 15.4 Å². The molecule has 1 amide bonds. The first-order valence-electron chi connectivity index (χ1n) is 6.52. The lowest BCUT2D eigenvalue weighted by atomic mass is 10.3. The van der Waals surface area contributed by atoms with E-state index in [0.29, 0.717) is 18.3 Å². The number of rotatable bonds is 6. The zero-order valence-electron chi connectivity index (χ0n) is 11.3. The van der Waals surface area contributed by atoms with Crippen molar-refractivity contribution in [3.63, 3.8) is 0 Å². The number of hydrogen-bond acceptors (Lipinski definition) is 4. The molecule has 0 unspecified atom stereocenters. The lowest BCUT2D eigenvalue weighted by Gasteiger charge is -2.10. The van der Waals surface area contributed by atoms with Crippen LogP contribution in [0.2, 0.25) is 0 Å². The third kappa shape index (κ3) is 4.79. The monoisotopic (exact) mass is 294 g/mol. The molecular weight excluding hydrogens is 276 g/mol. The Balaban J connectivity index is 1.77. The SMILES string of the molecule is COCCOc1ccc(NC(=S)NC(=O)C2CC2)cc1. The van der Waals surface area contributed by atoms with Crippen LogP contribution in [0, 0.1) is 5.92 Å². The van der Waals surface area contributed by atoms with Gasteiger partial charge in [0.05, 0.1) is 6.61 Å². The number of hydrogen-bond donors (Lipinski definition) is 2. The second kappa shape index (κ2) is 7.21. The van der Waals surface area contributed by atoms with E-state index in [4.69, 9.17) is 21.7 Å². The first kappa shape index (κ1) is 14.7. The van der Waals surface area contributed by atoms with Crippen LogP contribution in [-0.2, 0) is 9.53 Å². The maximum Gasteiger partial charge on any atom is 0.229 e. The summed E-state index contributed by atoms with van der Waals surface area (Å²) in [6.07, 6.45) is 1.92. The molecule has 0 radical (unpaired) electrons. The Bertz CT molecular complexity index is 472. The van der Waals surface area contributed by atoms with E-state index in [1.807, 2.05) is 24.3 Å². The minimum Gasteiger partial charge on any atom is -0.491 e. The number of ether oxygens (including phenoxy) is 2. The Morgan fingerprint density at radius 2 is 2.00 bits per heavy atom. The molecule has 6 heteroatoms. The number of benzene rings is 1. The molecule has 0 heterocycles. The van der Waals surface area contributed by atoms with E-state index >= 15 is 0 Å². The average Bonchev–Trinajstić information content (AvgIpc) is 3.25. The largest absolute Gasteiger partial charge is 0.491 e. The van der Waals surface area contributed by atoms with Gasteiger partial charge in [-0.15, -0.1) is 0 Å². The van der Waals surface area contributed by atoms with Gasteiger partial charge in [-0.3, -0.25) is 4.79 Å². The van der Waals surface area contributed by atoms with E-state index in [1.165, 1.54) is 0 Å². The molecule has 0 spiro atoms. The highest BCUT2D eigenvalue weighted by Crippen LogP contribution is 2.28. The minimum absolute atomic E-state index is 0.00187. The van der Waals surface area contributed by atoms with Crippen molar-refractivity contribution in [3.05, 3.63) is 24.3 Å². The number of amides is 1. The highest BCUT2D eigenvalue weighted by atomic mass is 32.1. The molecule has 108 valence electrons. The summed E-state index contributed by atoms with van der Waals surface area (Å²) in [7, 11) is 1.63. The predicted molar refractivity (Wildman–Crippen MR) is 80.9 cm³/mol. The number of carbonyl (C=O) groups excluding carboxylic acids is 1. The van der Waals surface area contributed by atoms with Gasteiger partial charge in [0.15, 0.2) is 5.11 Å². The molecule has 5 nitrogen and oxygen atoms in total. The topological polar surface area (TPSA) is 59.6 Å². The summed E-state index contributed by atoms with van der Waals surface area (Å²) in [6.45, 7) is 1.07. The zero-order valence-corrected chi connectivity index (χ0v) is 12.2. The van der Waals surface area contributed by atoms with E-state index in [-0.39, 0.29) is 11.8 Å². The van der Waals surface area contributed by atoms with Crippen LogP contribution in [0.25, 0.3) is 0 Å². The molecule has 0 atom stereocenters. The van der Waals surface area contributed by atoms with Crippen LogP contribution >= 0.6 is 12.2 Å². The molecule has 0 bridgehead atoms. The van der Waals surface area contributed by atoms with Crippen molar-refractivity contribution >= 4 is 28.9 Å².